The first-order valence-corrected chi connectivity index (χ1v) is 11.0. The summed E-state index contributed by atoms with van der Waals surface area (Å²) >= 11 is 10.1. The summed E-state index contributed by atoms with van der Waals surface area (Å²) in [5.74, 6) is 0.230. The first-order valence-electron chi connectivity index (χ1n) is 8.24. The van der Waals surface area contributed by atoms with Crippen molar-refractivity contribution in [1.29, 1.82) is 0 Å². The molecule has 0 bridgehead atoms. The molecular formula is C21H25Br3NO2+. The lowest BCUT2D eigenvalue weighted by Gasteiger charge is -2.14. The molecule has 0 unspecified atom stereocenters. The predicted molar refractivity (Wildman–Crippen MR) is 124 cm³/mol. The molecule has 2 aromatic rings. The minimum Gasteiger partial charge on any atom is -0.342 e. The molecule has 0 spiro atoms. The Kier molecular flexibility index (Phi) is 14.3. The number of Topliss-reactive ketones (excluding diaryl/α,β-unsaturated/α-hetero) is 1. The number of ketones is 1. The lowest BCUT2D eigenvalue weighted by molar-refractivity contribution is -0.128. The lowest BCUT2D eigenvalue weighted by Crippen LogP contribution is -2.22. The zero-order valence-electron chi connectivity index (χ0n) is 15.8. The largest absolute Gasteiger partial charge is 0.342 e. The molecule has 6 heteroatoms. The Labute approximate surface area is 187 Å². The minimum absolute atomic E-state index is 0.0860. The fraction of sp³-hybridized carbons (Fsp3) is 0.286. The van der Waals surface area contributed by atoms with Gasteiger partial charge in [0.1, 0.15) is 6.42 Å². The summed E-state index contributed by atoms with van der Waals surface area (Å²) in [7, 11) is 1.80. The van der Waals surface area contributed by atoms with E-state index in [0.29, 0.717) is 13.0 Å². The van der Waals surface area contributed by atoms with Crippen LogP contribution < -0.4 is 0 Å². The number of carbonyl (C=O) groups is 2. The van der Waals surface area contributed by atoms with Crippen LogP contribution in [0.4, 0.5) is 0 Å². The molecule has 0 aliphatic rings. The van der Waals surface area contributed by atoms with E-state index in [2.05, 4.69) is 66.8 Å². The van der Waals surface area contributed by atoms with Gasteiger partial charge in [-0.3, -0.25) is 9.59 Å². The molecule has 0 saturated carbocycles. The van der Waals surface area contributed by atoms with Crippen LogP contribution in [0.1, 0.15) is 31.4 Å². The highest BCUT2D eigenvalue weighted by Crippen LogP contribution is 2.12. The standard InChI is InChI=1S/C10H12BrNO.C7H6Br2.C4H7O/c1-8(13)12(2)7-9-3-5-10(11)6-4-9;8-5-6-1-3-7(9)4-2-6;1-3-4(2)5/h3-6H,7H2,1-2H3;1-4H,5H2;1,3H2,2H3/q;;+1. The van der Waals surface area contributed by atoms with Crippen LogP contribution in [-0.4, -0.2) is 23.6 Å². The molecule has 146 valence electrons. The van der Waals surface area contributed by atoms with E-state index in [1.165, 1.54) is 12.5 Å². The lowest BCUT2D eigenvalue weighted by atomic mass is 10.2. The summed E-state index contributed by atoms with van der Waals surface area (Å²) in [6.45, 7) is 7.09. The molecule has 0 aliphatic heterocycles. The van der Waals surface area contributed by atoms with Gasteiger partial charge in [0.25, 0.3) is 0 Å². The van der Waals surface area contributed by atoms with Crippen molar-refractivity contribution >= 4 is 59.5 Å². The molecule has 2 rings (SSSR count). The van der Waals surface area contributed by atoms with Crippen LogP contribution in [0.25, 0.3) is 0 Å². The predicted octanol–water partition coefficient (Wildman–Crippen LogP) is 6.57. The van der Waals surface area contributed by atoms with E-state index >= 15 is 0 Å². The fourth-order valence-corrected chi connectivity index (χ4v) is 2.45. The van der Waals surface area contributed by atoms with Gasteiger partial charge in [-0.2, -0.15) is 0 Å². The van der Waals surface area contributed by atoms with Crippen molar-refractivity contribution in [3.8, 4) is 0 Å². The number of halogens is 3. The normalized spacial score (nSPS) is 9.26. The number of hydrogen-bond acceptors (Lipinski definition) is 2. The van der Waals surface area contributed by atoms with Gasteiger partial charge in [-0.25, -0.2) is 0 Å². The Morgan fingerprint density at radius 3 is 1.56 bits per heavy atom. The molecule has 27 heavy (non-hydrogen) atoms. The van der Waals surface area contributed by atoms with Gasteiger partial charge in [-0.1, -0.05) is 72.1 Å². The van der Waals surface area contributed by atoms with Crippen LogP contribution in [0.5, 0.6) is 0 Å². The van der Waals surface area contributed by atoms with Gasteiger partial charge in [-0.15, -0.1) is 0 Å². The molecule has 0 atom stereocenters. The van der Waals surface area contributed by atoms with Gasteiger partial charge in [0.2, 0.25) is 5.91 Å². The van der Waals surface area contributed by atoms with E-state index in [1.807, 2.05) is 36.4 Å². The van der Waals surface area contributed by atoms with Crippen LogP contribution in [-0.2, 0) is 21.5 Å². The molecule has 0 fully saturated rings. The third-order valence-corrected chi connectivity index (χ3v) is 4.99. The molecule has 0 heterocycles. The van der Waals surface area contributed by atoms with Gasteiger partial charge < -0.3 is 4.90 Å². The number of amides is 1. The van der Waals surface area contributed by atoms with E-state index in [4.69, 9.17) is 0 Å². The molecule has 2 aromatic carbocycles. The van der Waals surface area contributed by atoms with Crippen molar-refractivity contribution in [3.63, 3.8) is 0 Å². The Balaban J connectivity index is 0.000000419. The molecule has 0 N–H and O–H groups in total. The zero-order chi connectivity index (χ0) is 20.8. The summed E-state index contributed by atoms with van der Waals surface area (Å²) in [5.41, 5.74) is 2.44. The summed E-state index contributed by atoms with van der Waals surface area (Å²) in [6.07, 6.45) is 0.417. The third-order valence-electron chi connectivity index (χ3n) is 3.29. The van der Waals surface area contributed by atoms with Crippen LogP contribution in [0, 0.1) is 6.92 Å². The molecule has 3 nitrogen and oxygen atoms in total. The van der Waals surface area contributed by atoms with E-state index < -0.39 is 0 Å². The van der Waals surface area contributed by atoms with Crippen molar-refractivity contribution in [2.75, 3.05) is 7.05 Å². The second-order valence-electron chi connectivity index (χ2n) is 5.71. The molecule has 0 aromatic heterocycles. The Hall–Kier alpha value is -1.11. The highest BCUT2D eigenvalue weighted by molar-refractivity contribution is 9.10. The van der Waals surface area contributed by atoms with Gasteiger partial charge in [0.15, 0.2) is 5.78 Å². The van der Waals surface area contributed by atoms with Crippen molar-refractivity contribution in [3.05, 3.63) is 75.5 Å². The second-order valence-corrected chi connectivity index (χ2v) is 8.11. The van der Waals surface area contributed by atoms with Crippen molar-refractivity contribution < 1.29 is 9.59 Å². The Bertz CT molecular complexity index is 686. The van der Waals surface area contributed by atoms with E-state index in [1.54, 1.807) is 18.9 Å². The van der Waals surface area contributed by atoms with Gasteiger partial charge in [0.05, 0.1) is 6.92 Å². The van der Waals surface area contributed by atoms with E-state index in [-0.39, 0.29) is 11.7 Å². The average Bonchev–Trinajstić information content (AvgIpc) is 2.65. The maximum atomic E-state index is 10.9. The Morgan fingerprint density at radius 2 is 1.26 bits per heavy atom. The topological polar surface area (TPSA) is 37.4 Å². The average molecular weight is 563 g/mol. The summed E-state index contributed by atoms with van der Waals surface area (Å²) in [6, 6.07) is 16.2. The SMILES string of the molecule is BrCc1ccc(Br)cc1.CC(=O)N(C)Cc1ccc(Br)cc1.[CH2+]CC(C)=O. The van der Waals surface area contributed by atoms with Crippen LogP contribution >= 0.6 is 47.8 Å². The monoisotopic (exact) mass is 560 g/mol. The van der Waals surface area contributed by atoms with Crippen molar-refractivity contribution in [2.24, 2.45) is 0 Å². The van der Waals surface area contributed by atoms with E-state index in [0.717, 1.165) is 19.8 Å². The van der Waals surface area contributed by atoms with Crippen LogP contribution in [0.3, 0.4) is 0 Å². The molecule has 0 radical (unpaired) electrons. The minimum atomic E-state index is 0.0860. The molecule has 1 amide bonds. The van der Waals surface area contributed by atoms with Crippen LogP contribution in [0.2, 0.25) is 0 Å². The smallest absolute Gasteiger partial charge is 0.219 e. The number of rotatable bonds is 4. The van der Waals surface area contributed by atoms with Crippen LogP contribution in [0.15, 0.2) is 57.5 Å². The zero-order valence-corrected chi connectivity index (χ0v) is 20.6. The first-order chi connectivity index (χ1) is 12.7. The quantitative estimate of drug-likeness (QED) is 0.312. The number of nitrogens with zero attached hydrogens (tertiary/aromatic N) is 1. The number of carbonyl (C=O) groups excluding carboxylic acids is 2. The summed E-state index contributed by atoms with van der Waals surface area (Å²) < 4.78 is 2.19. The van der Waals surface area contributed by atoms with E-state index in [9.17, 15) is 9.59 Å². The van der Waals surface area contributed by atoms with Crippen molar-refractivity contribution in [1.82, 2.24) is 4.90 Å². The maximum Gasteiger partial charge on any atom is 0.219 e. The van der Waals surface area contributed by atoms with Gasteiger partial charge in [-0.05, 0) is 42.3 Å². The number of alkyl halides is 1. The van der Waals surface area contributed by atoms with Crippen molar-refractivity contribution in [2.45, 2.75) is 32.1 Å². The third kappa shape index (κ3) is 13.7. The summed E-state index contributed by atoms with van der Waals surface area (Å²) in [5, 5.41) is 0.931. The molecule has 0 saturated heterocycles. The highest BCUT2D eigenvalue weighted by atomic mass is 79.9. The Morgan fingerprint density at radius 1 is 0.889 bits per heavy atom. The first kappa shape index (κ1) is 25.9. The number of hydrogen-bond donors (Lipinski definition) is 0. The van der Waals surface area contributed by atoms with Gasteiger partial charge >= 0.3 is 0 Å². The molecule has 0 aliphatic carbocycles. The highest BCUT2D eigenvalue weighted by Gasteiger charge is 2.02. The molecular weight excluding hydrogens is 538 g/mol. The summed E-state index contributed by atoms with van der Waals surface area (Å²) in [4.78, 5) is 22.4. The fourth-order valence-electron chi connectivity index (χ4n) is 1.55. The number of benzene rings is 2. The van der Waals surface area contributed by atoms with Gasteiger partial charge in [0, 0.05) is 34.8 Å². The maximum absolute atomic E-state index is 10.9. The second kappa shape index (κ2) is 14.9.